The first-order valence-corrected chi connectivity index (χ1v) is 3.54. The number of carboxylic acid groups (broad SMARTS) is 1. The number of fused-ring (bicyclic) bond motifs is 1. The lowest BCUT2D eigenvalue weighted by Gasteiger charge is -1.90. The van der Waals surface area contributed by atoms with Gasteiger partial charge >= 0.3 is 11.8 Å². The van der Waals surface area contributed by atoms with Crippen molar-refractivity contribution in [2.24, 2.45) is 0 Å². The van der Waals surface area contributed by atoms with Crippen LogP contribution < -0.4 is 5.76 Å². The van der Waals surface area contributed by atoms with Crippen LogP contribution >= 0.6 is 0 Å². The van der Waals surface area contributed by atoms with Crippen LogP contribution in [0.3, 0.4) is 0 Å². The van der Waals surface area contributed by atoms with Crippen molar-refractivity contribution in [1.82, 2.24) is 4.57 Å². The second-order valence-corrected chi connectivity index (χ2v) is 2.45. The topological polar surface area (TPSA) is 72.4 Å². The fourth-order valence-corrected chi connectivity index (χ4v) is 1.15. The average Bonchev–Trinajstić information content (AvgIpc) is 2.39. The van der Waals surface area contributed by atoms with Crippen molar-refractivity contribution in [3.05, 3.63) is 34.8 Å². The van der Waals surface area contributed by atoms with E-state index in [4.69, 9.17) is 5.11 Å². The standard InChI is InChI=1S/C8H5NO4/c10-7(11)9-5-3-1-2-4-6(5)13-8(9)12/h1-4H,(H,10,11). The maximum Gasteiger partial charge on any atom is 0.429 e. The van der Waals surface area contributed by atoms with Crippen LogP contribution in [-0.4, -0.2) is 15.8 Å². The molecule has 66 valence electrons. The Balaban J connectivity index is 2.95. The SMILES string of the molecule is O=C(O)n1c(=O)oc2ccccc21. The first-order valence-electron chi connectivity index (χ1n) is 3.54. The van der Waals surface area contributed by atoms with E-state index in [0.29, 0.717) is 4.57 Å². The van der Waals surface area contributed by atoms with E-state index in [1.807, 2.05) is 0 Å². The van der Waals surface area contributed by atoms with Crippen LogP contribution in [-0.2, 0) is 0 Å². The zero-order chi connectivity index (χ0) is 9.42. The zero-order valence-corrected chi connectivity index (χ0v) is 6.43. The molecule has 0 aliphatic rings. The Bertz CT molecular complexity index is 522. The average molecular weight is 179 g/mol. The molecule has 2 rings (SSSR count). The van der Waals surface area contributed by atoms with Crippen molar-refractivity contribution in [2.45, 2.75) is 0 Å². The maximum atomic E-state index is 11.0. The van der Waals surface area contributed by atoms with Gasteiger partial charge in [-0.1, -0.05) is 12.1 Å². The van der Waals surface area contributed by atoms with Gasteiger partial charge in [0.2, 0.25) is 0 Å². The summed E-state index contributed by atoms with van der Waals surface area (Å²) < 4.78 is 5.25. The van der Waals surface area contributed by atoms with E-state index in [1.165, 1.54) is 12.1 Å². The van der Waals surface area contributed by atoms with Crippen LogP contribution in [0.5, 0.6) is 0 Å². The summed E-state index contributed by atoms with van der Waals surface area (Å²) in [5, 5.41) is 8.66. The highest BCUT2D eigenvalue weighted by Gasteiger charge is 2.13. The molecule has 0 fully saturated rings. The van der Waals surface area contributed by atoms with Crippen molar-refractivity contribution < 1.29 is 14.3 Å². The Kier molecular flexibility index (Phi) is 1.45. The molecular weight excluding hydrogens is 174 g/mol. The highest BCUT2D eigenvalue weighted by molar-refractivity contribution is 5.83. The number of aromatic nitrogens is 1. The van der Waals surface area contributed by atoms with Gasteiger partial charge in [0, 0.05) is 0 Å². The highest BCUT2D eigenvalue weighted by atomic mass is 16.4. The molecule has 0 spiro atoms. The molecule has 0 saturated heterocycles. The molecule has 0 bridgehead atoms. The molecule has 0 unspecified atom stereocenters. The molecule has 5 heteroatoms. The molecule has 0 amide bonds. The molecule has 0 aliphatic heterocycles. The molecule has 0 atom stereocenters. The summed E-state index contributed by atoms with van der Waals surface area (Å²) in [6.07, 6.45) is -1.34. The number of carbonyl (C=O) groups is 1. The lowest BCUT2D eigenvalue weighted by molar-refractivity contribution is 0.195. The highest BCUT2D eigenvalue weighted by Crippen LogP contribution is 2.10. The van der Waals surface area contributed by atoms with Gasteiger partial charge in [-0.2, -0.15) is 4.57 Å². The van der Waals surface area contributed by atoms with E-state index in [2.05, 4.69) is 4.42 Å². The summed E-state index contributed by atoms with van der Waals surface area (Å²) in [6, 6.07) is 6.35. The molecule has 0 aliphatic carbocycles. The number of nitrogens with zero attached hydrogens (tertiary/aromatic N) is 1. The quantitative estimate of drug-likeness (QED) is 0.657. The van der Waals surface area contributed by atoms with Crippen molar-refractivity contribution >= 4 is 17.2 Å². The van der Waals surface area contributed by atoms with E-state index in [0.717, 1.165) is 0 Å². The van der Waals surface area contributed by atoms with Crippen LogP contribution in [0, 0.1) is 0 Å². The monoisotopic (exact) mass is 179 g/mol. The minimum atomic E-state index is -1.34. The zero-order valence-electron chi connectivity index (χ0n) is 6.43. The summed E-state index contributed by atoms with van der Waals surface area (Å²) in [4.78, 5) is 21.6. The third-order valence-corrected chi connectivity index (χ3v) is 1.68. The maximum absolute atomic E-state index is 11.0. The van der Waals surface area contributed by atoms with E-state index >= 15 is 0 Å². The first-order chi connectivity index (χ1) is 6.20. The summed E-state index contributed by atoms with van der Waals surface area (Å²) in [7, 11) is 0. The fourth-order valence-electron chi connectivity index (χ4n) is 1.15. The smallest absolute Gasteiger partial charge is 0.429 e. The summed E-state index contributed by atoms with van der Waals surface area (Å²) in [5.41, 5.74) is 0.537. The van der Waals surface area contributed by atoms with Crippen molar-refractivity contribution in [3.8, 4) is 0 Å². The van der Waals surface area contributed by atoms with E-state index in [1.54, 1.807) is 12.1 Å². The Morgan fingerprint density at radius 1 is 1.38 bits per heavy atom. The molecule has 13 heavy (non-hydrogen) atoms. The van der Waals surface area contributed by atoms with E-state index in [-0.39, 0.29) is 11.1 Å². The minimum Gasteiger partial charge on any atom is -0.464 e. The van der Waals surface area contributed by atoms with Crippen LogP contribution in [0.2, 0.25) is 0 Å². The second kappa shape index (κ2) is 2.48. The van der Waals surface area contributed by atoms with Crippen LogP contribution in [0.1, 0.15) is 0 Å². The Hall–Kier alpha value is -2.04. The van der Waals surface area contributed by atoms with Crippen molar-refractivity contribution in [3.63, 3.8) is 0 Å². The third-order valence-electron chi connectivity index (χ3n) is 1.68. The van der Waals surface area contributed by atoms with Gasteiger partial charge in [-0.25, -0.2) is 9.59 Å². The number of para-hydroxylation sites is 2. The van der Waals surface area contributed by atoms with Crippen LogP contribution in [0.15, 0.2) is 33.5 Å². The molecule has 2 aromatic rings. The summed E-state index contributed by atoms with van der Waals surface area (Å²) in [6.45, 7) is 0. The van der Waals surface area contributed by atoms with E-state index < -0.39 is 11.8 Å². The van der Waals surface area contributed by atoms with Gasteiger partial charge in [0.25, 0.3) is 0 Å². The lowest BCUT2D eigenvalue weighted by Crippen LogP contribution is -2.20. The van der Waals surface area contributed by atoms with Gasteiger partial charge in [0.05, 0.1) is 0 Å². The number of hydrogen-bond acceptors (Lipinski definition) is 3. The molecule has 1 N–H and O–H groups in total. The molecule has 1 heterocycles. The Morgan fingerprint density at radius 2 is 2.08 bits per heavy atom. The van der Waals surface area contributed by atoms with Crippen LogP contribution in [0.25, 0.3) is 11.1 Å². The summed E-state index contributed by atoms with van der Waals surface area (Å²) >= 11 is 0. The molecule has 0 radical (unpaired) electrons. The Labute approximate surface area is 71.8 Å². The van der Waals surface area contributed by atoms with Gasteiger partial charge in [-0.3, -0.25) is 0 Å². The molecule has 5 nitrogen and oxygen atoms in total. The van der Waals surface area contributed by atoms with Gasteiger partial charge in [0.1, 0.15) is 5.52 Å². The number of hydrogen-bond donors (Lipinski definition) is 1. The van der Waals surface area contributed by atoms with Crippen molar-refractivity contribution in [2.75, 3.05) is 0 Å². The second-order valence-electron chi connectivity index (χ2n) is 2.45. The van der Waals surface area contributed by atoms with Gasteiger partial charge < -0.3 is 9.52 Å². The number of rotatable bonds is 0. The molecule has 1 aromatic carbocycles. The van der Waals surface area contributed by atoms with Crippen LogP contribution in [0.4, 0.5) is 4.79 Å². The van der Waals surface area contributed by atoms with Gasteiger partial charge in [-0.15, -0.1) is 0 Å². The predicted octanol–water partition coefficient (Wildman–Crippen LogP) is 1.12. The number of oxazole rings is 1. The lowest BCUT2D eigenvalue weighted by atomic mass is 10.3. The third kappa shape index (κ3) is 1.01. The normalized spacial score (nSPS) is 10.5. The fraction of sp³-hybridized carbons (Fsp3) is 0. The Morgan fingerprint density at radius 3 is 2.77 bits per heavy atom. The largest absolute Gasteiger partial charge is 0.464 e. The minimum absolute atomic E-state index is 0.264. The molecular formula is C8H5NO4. The predicted molar refractivity (Wildman–Crippen MR) is 43.9 cm³/mol. The van der Waals surface area contributed by atoms with Gasteiger partial charge in [-0.05, 0) is 12.1 Å². The molecule has 1 aromatic heterocycles. The van der Waals surface area contributed by atoms with Crippen molar-refractivity contribution in [1.29, 1.82) is 0 Å². The van der Waals surface area contributed by atoms with Gasteiger partial charge in [0.15, 0.2) is 5.58 Å². The van der Waals surface area contributed by atoms with E-state index in [9.17, 15) is 9.59 Å². The number of benzene rings is 1. The molecule has 0 saturated carbocycles. The summed E-state index contributed by atoms with van der Waals surface area (Å²) in [5.74, 6) is -0.881. The first kappa shape index (κ1) is 7.60.